The monoisotopic (exact) mass is 559 g/mol. The Labute approximate surface area is 232 Å². The van der Waals surface area contributed by atoms with E-state index in [2.05, 4.69) is 20.8 Å². The summed E-state index contributed by atoms with van der Waals surface area (Å²) in [7, 11) is 0. The van der Waals surface area contributed by atoms with Crippen LogP contribution in [0.2, 0.25) is 5.02 Å². The second-order valence-electron chi connectivity index (χ2n) is 8.97. The molecule has 3 aromatic carbocycles. The molecule has 0 saturated carbocycles. The molecule has 0 bridgehead atoms. The SMILES string of the molecule is O=C(O)c1ccc(NC(=O)C(Cc2ccccc2)N2CC(=O)N(c3cc(Cl)ccc3-n3cnnn3)CC2=O)cc1. The Bertz CT molecular complexity index is 1560. The smallest absolute Gasteiger partial charge is 0.335 e. The Balaban J connectivity index is 1.42. The summed E-state index contributed by atoms with van der Waals surface area (Å²) in [6.07, 6.45) is 1.52. The maximum Gasteiger partial charge on any atom is 0.335 e. The number of rotatable bonds is 8. The molecule has 202 valence electrons. The number of halogens is 1. The van der Waals surface area contributed by atoms with E-state index in [0.29, 0.717) is 22.1 Å². The van der Waals surface area contributed by atoms with Gasteiger partial charge in [0.05, 0.1) is 16.9 Å². The zero-order valence-corrected chi connectivity index (χ0v) is 21.6. The van der Waals surface area contributed by atoms with Crippen molar-refractivity contribution < 1.29 is 24.3 Å². The van der Waals surface area contributed by atoms with Crippen LogP contribution >= 0.6 is 11.6 Å². The fourth-order valence-corrected chi connectivity index (χ4v) is 4.59. The highest BCUT2D eigenvalue weighted by atomic mass is 35.5. The van der Waals surface area contributed by atoms with Crippen LogP contribution in [0.15, 0.2) is 79.1 Å². The number of carbonyl (C=O) groups is 4. The third-order valence-electron chi connectivity index (χ3n) is 6.39. The first-order chi connectivity index (χ1) is 19.3. The molecule has 1 aliphatic rings. The number of amides is 3. The van der Waals surface area contributed by atoms with E-state index < -0.39 is 29.7 Å². The van der Waals surface area contributed by atoms with Crippen LogP contribution in [0.5, 0.6) is 0 Å². The number of tetrazole rings is 1. The van der Waals surface area contributed by atoms with Gasteiger partial charge in [0.15, 0.2) is 0 Å². The Morgan fingerprint density at radius 2 is 1.70 bits per heavy atom. The average molecular weight is 560 g/mol. The number of carboxylic acid groups (broad SMARTS) is 1. The normalized spacial score (nSPS) is 14.2. The van der Waals surface area contributed by atoms with E-state index in [9.17, 15) is 19.2 Å². The third kappa shape index (κ3) is 5.66. The molecule has 40 heavy (non-hydrogen) atoms. The van der Waals surface area contributed by atoms with Crippen LogP contribution < -0.4 is 10.2 Å². The molecular formula is C27H22ClN7O5. The number of aromatic carboxylic acids is 1. The molecule has 0 radical (unpaired) electrons. The van der Waals surface area contributed by atoms with Crippen LogP contribution in [0.25, 0.3) is 5.69 Å². The molecular weight excluding hydrogens is 538 g/mol. The van der Waals surface area contributed by atoms with Crippen LogP contribution in [0.3, 0.4) is 0 Å². The molecule has 13 heteroatoms. The number of carboxylic acids is 1. The maximum atomic E-state index is 13.5. The number of piperazine rings is 1. The second kappa shape index (κ2) is 11.3. The molecule has 0 aliphatic carbocycles. The lowest BCUT2D eigenvalue weighted by atomic mass is 10.0. The molecule has 1 unspecified atom stereocenters. The van der Waals surface area contributed by atoms with E-state index in [1.807, 2.05) is 30.3 Å². The Morgan fingerprint density at radius 1 is 0.950 bits per heavy atom. The largest absolute Gasteiger partial charge is 0.478 e. The van der Waals surface area contributed by atoms with Crippen LogP contribution in [-0.2, 0) is 20.8 Å². The van der Waals surface area contributed by atoms with Gasteiger partial charge in [0.2, 0.25) is 17.7 Å². The van der Waals surface area contributed by atoms with E-state index in [1.165, 1.54) is 45.1 Å². The second-order valence-corrected chi connectivity index (χ2v) is 9.40. The molecule has 1 fully saturated rings. The van der Waals surface area contributed by atoms with E-state index in [4.69, 9.17) is 16.7 Å². The Hall–Kier alpha value is -5.10. The van der Waals surface area contributed by atoms with E-state index in [0.717, 1.165) is 5.56 Å². The highest BCUT2D eigenvalue weighted by Crippen LogP contribution is 2.30. The standard InChI is InChI=1S/C27H22ClN7O5/c28-19-8-11-21(35-16-29-31-32-35)22(13-19)33-14-25(37)34(15-24(33)36)23(12-17-4-2-1-3-5-17)26(38)30-20-9-6-18(7-10-20)27(39)40/h1-11,13,16,23H,12,14-15H2,(H,30,38)(H,39,40). The van der Waals surface area contributed by atoms with Crippen molar-refractivity contribution in [2.75, 3.05) is 23.3 Å². The van der Waals surface area contributed by atoms with Crippen LogP contribution in [0.1, 0.15) is 15.9 Å². The fraction of sp³-hybridized carbons (Fsp3) is 0.148. The first-order valence-electron chi connectivity index (χ1n) is 12.1. The first-order valence-corrected chi connectivity index (χ1v) is 12.5. The van der Waals surface area contributed by atoms with Crippen molar-refractivity contribution in [2.45, 2.75) is 12.5 Å². The van der Waals surface area contributed by atoms with Crippen molar-refractivity contribution in [1.29, 1.82) is 0 Å². The fourth-order valence-electron chi connectivity index (χ4n) is 4.42. The van der Waals surface area contributed by atoms with Crippen LogP contribution in [-0.4, -0.2) is 73.0 Å². The summed E-state index contributed by atoms with van der Waals surface area (Å²) in [5.74, 6) is -2.48. The minimum Gasteiger partial charge on any atom is -0.478 e. The van der Waals surface area contributed by atoms with Gasteiger partial charge < -0.3 is 15.3 Å². The molecule has 4 aromatic rings. The number of carbonyl (C=O) groups excluding carboxylic acids is 3. The Morgan fingerprint density at radius 3 is 2.38 bits per heavy atom. The number of benzene rings is 3. The van der Waals surface area contributed by atoms with Crippen LogP contribution in [0, 0.1) is 0 Å². The van der Waals surface area contributed by atoms with E-state index >= 15 is 0 Å². The van der Waals surface area contributed by atoms with E-state index in [1.54, 1.807) is 18.2 Å². The predicted molar refractivity (Wildman–Crippen MR) is 144 cm³/mol. The summed E-state index contributed by atoms with van der Waals surface area (Å²) < 4.78 is 1.36. The molecule has 12 nitrogen and oxygen atoms in total. The molecule has 1 aromatic heterocycles. The zero-order chi connectivity index (χ0) is 28.2. The number of aromatic nitrogens is 4. The molecule has 1 saturated heterocycles. The molecule has 5 rings (SSSR count). The van der Waals surface area contributed by atoms with E-state index in [-0.39, 0.29) is 25.1 Å². The molecule has 1 atom stereocenters. The topological polar surface area (TPSA) is 151 Å². The molecule has 0 spiro atoms. The first kappa shape index (κ1) is 26.5. The van der Waals surface area contributed by atoms with Gasteiger partial charge in [-0.2, -0.15) is 4.68 Å². The van der Waals surface area contributed by atoms with Crippen molar-refractivity contribution in [3.05, 3.63) is 95.3 Å². The minimum absolute atomic E-state index is 0.0674. The zero-order valence-electron chi connectivity index (χ0n) is 20.8. The van der Waals surface area contributed by atoms with Gasteiger partial charge in [0.1, 0.15) is 25.5 Å². The number of nitrogens with one attached hydrogen (secondary N) is 1. The van der Waals surface area contributed by atoms with Gasteiger partial charge in [-0.25, -0.2) is 4.79 Å². The minimum atomic E-state index is -1.09. The molecule has 3 amide bonds. The van der Waals surface area contributed by atoms with Crippen molar-refractivity contribution in [2.24, 2.45) is 0 Å². The van der Waals surface area contributed by atoms with Crippen LogP contribution in [0.4, 0.5) is 11.4 Å². The lowest BCUT2D eigenvalue weighted by Crippen LogP contribution is -2.60. The predicted octanol–water partition coefficient (Wildman–Crippen LogP) is 2.44. The number of anilines is 2. The number of hydrogen-bond donors (Lipinski definition) is 2. The van der Waals surface area contributed by atoms with Crippen molar-refractivity contribution in [3.63, 3.8) is 0 Å². The summed E-state index contributed by atoms with van der Waals surface area (Å²) >= 11 is 6.22. The summed E-state index contributed by atoms with van der Waals surface area (Å²) in [4.78, 5) is 54.2. The summed E-state index contributed by atoms with van der Waals surface area (Å²) in [5.41, 5.74) is 2.02. The van der Waals surface area contributed by atoms with Gasteiger partial charge in [-0.1, -0.05) is 41.9 Å². The lowest BCUT2D eigenvalue weighted by molar-refractivity contribution is -0.143. The maximum absolute atomic E-state index is 13.5. The van der Waals surface area contributed by atoms with Gasteiger partial charge in [-0.15, -0.1) is 5.10 Å². The van der Waals surface area contributed by atoms with Crippen molar-refractivity contribution in [3.8, 4) is 5.69 Å². The molecule has 2 heterocycles. The van der Waals surface area contributed by atoms with Crippen molar-refractivity contribution in [1.82, 2.24) is 25.1 Å². The number of nitrogens with zero attached hydrogens (tertiary/aromatic N) is 6. The van der Waals surface area contributed by atoms with Gasteiger partial charge >= 0.3 is 5.97 Å². The van der Waals surface area contributed by atoms with Gasteiger partial charge in [-0.3, -0.25) is 19.3 Å². The Kier molecular flexibility index (Phi) is 7.51. The highest BCUT2D eigenvalue weighted by molar-refractivity contribution is 6.31. The van der Waals surface area contributed by atoms with Crippen molar-refractivity contribution >= 4 is 46.7 Å². The third-order valence-corrected chi connectivity index (χ3v) is 6.63. The highest BCUT2D eigenvalue weighted by Gasteiger charge is 2.39. The molecule has 1 aliphatic heterocycles. The van der Waals surface area contributed by atoms with Gasteiger partial charge in [-0.05, 0) is 58.5 Å². The van der Waals surface area contributed by atoms with Gasteiger partial charge in [0, 0.05) is 17.1 Å². The molecule has 2 N–H and O–H groups in total. The summed E-state index contributed by atoms with van der Waals surface area (Å²) in [5, 5.41) is 23.4. The summed E-state index contributed by atoms with van der Waals surface area (Å²) in [6.45, 7) is -0.691. The quantitative estimate of drug-likeness (QED) is 0.334. The lowest BCUT2D eigenvalue weighted by Gasteiger charge is -2.38. The average Bonchev–Trinajstić information content (AvgIpc) is 3.48. The van der Waals surface area contributed by atoms with Gasteiger partial charge in [0.25, 0.3) is 0 Å². The summed E-state index contributed by atoms with van der Waals surface area (Å²) in [6, 6.07) is 18.6. The number of hydrogen-bond acceptors (Lipinski definition) is 7.